The van der Waals surface area contributed by atoms with Gasteiger partial charge in [-0.3, -0.25) is 4.79 Å². The van der Waals surface area contributed by atoms with Gasteiger partial charge in [0.25, 0.3) is 0 Å². The van der Waals surface area contributed by atoms with Crippen LogP contribution in [0.3, 0.4) is 0 Å². The van der Waals surface area contributed by atoms with Crippen LogP contribution in [0.2, 0.25) is 0 Å². The van der Waals surface area contributed by atoms with Crippen molar-refractivity contribution in [3.05, 3.63) is 47.1 Å². The average molecular weight is 406 g/mol. The Bertz CT molecular complexity index is 1060. The van der Waals surface area contributed by atoms with E-state index >= 15 is 0 Å². The number of sulfonamides is 1. The number of aryl methyl sites for hydroxylation is 1. The molecule has 0 unspecified atom stereocenters. The third-order valence-electron chi connectivity index (χ3n) is 3.84. The monoisotopic (exact) mass is 405 g/mol. The highest BCUT2D eigenvalue weighted by Gasteiger charge is 2.09. The Morgan fingerprint density at radius 3 is 2.67 bits per heavy atom. The van der Waals surface area contributed by atoms with E-state index in [1.807, 2.05) is 13.0 Å². The van der Waals surface area contributed by atoms with Crippen LogP contribution in [0, 0.1) is 6.92 Å². The van der Waals surface area contributed by atoms with Gasteiger partial charge in [0.1, 0.15) is 17.0 Å². The summed E-state index contributed by atoms with van der Waals surface area (Å²) in [5, 5.41) is 12.0. The van der Waals surface area contributed by atoms with E-state index in [0.29, 0.717) is 13.1 Å². The lowest BCUT2D eigenvalue weighted by atomic mass is 10.2. The van der Waals surface area contributed by atoms with Crippen LogP contribution in [0.5, 0.6) is 0 Å². The van der Waals surface area contributed by atoms with Crippen molar-refractivity contribution in [1.29, 1.82) is 0 Å². The first-order chi connectivity index (χ1) is 12.8. The number of amides is 1. The zero-order chi connectivity index (χ0) is 19.4. The van der Waals surface area contributed by atoms with Crippen molar-refractivity contribution in [3.63, 3.8) is 0 Å². The Morgan fingerprint density at radius 1 is 1.22 bits per heavy atom. The van der Waals surface area contributed by atoms with Gasteiger partial charge in [-0.2, -0.15) is 0 Å². The molecule has 142 valence electrons. The predicted octanol–water partition coefficient (Wildman–Crippen LogP) is 1.77. The molecule has 1 aromatic carbocycles. The van der Waals surface area contributed by atoms with Crippen LogP contribution in [0.25, 0.3) is 10.2 Å². The van der Waals surface area contributed by atoms with E-state index < -0.39 is 10.0 Å². The first-order valence-electron chi connectivity index (χ1n) is 8.16. The minimum atomic E-state index is -3.71. The predicted molar refractivity (Wildman–Crippen MR) is 105 cm³/mol. The molecule has 27 heavy (non-hydrogen) atoms. The maximum atomic E-state index is 12.0. The smallest absolute Gasteiger partial charge is 0.238 e. The summed E-state index contributed by atoms with van der Waals surface area (Å²) >= 11 is 1.60. The normalized spacial score (nSPS) is 11.5. The second-order valence-electron chi connectivity index (χ2n) is 5.94. The molecule has 4 N–H and O–H groups in total. The van der Waals surface area contributed by atoms with Crippen molar-refractivity contribution in [2.75, 3.05) is 11.9 Å². The van der Waals surface area contributed by atoms with Crippen molar-refractivity contribution in [3.8, 4) is 0 Å². The summed E-state index contributed by atoms with van der Waals surface area (Å²) < 4.78 is 22.4. The maximum absolute atomic E-state index is 12.0. The molecule has 0 saturated carbocycles. The van der Waals surface area contributed by atoms with Gasteiger partial charge < -0.3 is 10.6 Å². The van der Waals surface area contributed by atoms with Crippen molar-refractivity contribution in [2.24, 2.45) is 5.14 Å². The quantitative estimate of drug-likeness (QED) is 0.550. The molecule has 2 heterocycles. The third-order valence-corrected chi connectivity index (χ3v) is 5.73. The number of nitrogens with zero attached hydrogens (tertiary/aromatic N) is 2. The van der Waals surface area contributed by atoms with E-state index in [4.69, 9.17) is 5.14 Å². The summed E-state index contributed by atoms with van der Waals surface area (Å²) in [6.07, 6.45) is 1.79. The molecule has 1 amide bonds. The van der Waals surface area contributed by atoms with Crippen LogP contribution in [-0.2, 0) is 21.4 Å². The van der Waals surface area contributed by atoms with Gasteiger partial charge in [-0.15, -0.1) is 11.3 Å². The molecule has 3 rings (SSSR count). The molecular formula is C17H19N5O3S2. The molecule has 8 nitrogen and oxygen atoms in total. The van der Waals surface area contributed by atoms with E-state index in [1.165, 1.54) is 18.5 Å². The molecule has 0 aliphatic rings. The Hall–Kier alpha value is -2.56. The zero-order valence-corrected chi connectivity index (χ0v) is 16.2. The number of primary sulfonamides is 1. The number of benzene rings is 1. The molecule has 0 bridgehead atoms. The van der Waals surface area contributed by atoms with Gasteiger partial charge in [0.15, 0.2) is 0 Å². The number of rotatable bonds is 7. The molecule has 10 heteroatoms. The lowest BCUT2D eigenvalue weighted by molar-refractivity contribution is -0.121. The van der Waals surface area contributed by atoms with Gasteiger partial charge in [0, 0.05) is 24.4 Å². The Morgan fingerprint density at radius 2 is 1.96 bits per heavy atom. The maximum Gasteiger partial charge on any atom is 0.238 e. The summed E-state index contributed by atoms with van der Waals surface area (Å²) in [6.45, 7) is 2.77. The fourth-order valence-electron chi connectivity index (χ4n) is 2.50. The number of aromatic nitrogens is 2. The lowest BCUT2D eigenvalue weighted by Crippen LogP contribution is -2.25. The van der Waals surface area contributed by atoms with Gasteiger partial charge in [-0.25, -0.2) is 23.5 Å². The Kier molecular flexibility index (Phi) is 5.68. The SMILES string of the molecule is Cc1cc2c(NCCC(=O)NCc3ccc(S(N)(=O)=O)cc3)ncnc2s1. The first kappa shape index (κ1) is 19.2. The van der Waals surface area contributed by atoms with Crippen molar-refractivity contribution < 1.29 is 13.2 Å². The first-order valence-corrected chi connectivity index (χ1v) is 10.5. The molecule has 0 saturated heterocycles. The summed E-state index contributed by atoms with van der Waals surface area (Å²) in [6, 6.07) is 8.10. The van der Waals surface area contributed by atoms with Gasteiger partial charge in [0.2, 0.25) is 15.9 Å². The highest BCUT2D eigenvalue weighted by atomic mass is 32.2. The van der Waals surface area contributed by atoms with E-state index in [-0.39, 0.29) is 17.2 Å². The number of fused-ring (bicyclic) bond motifs is 1. The van der Waals surface area contributed by atoms with Gasteiger partial charge in [-0.1, -0.05) is 12.1 Å². The fraction of sp³-hybridized carbons (Fsp3) is 0.235. The summed E-state index contributed by atoms with van der Waals surface area (Å²) in [5.41, 5.74) is 0.787. The molecule has 0 radical (unpaired) electrons. The second-order valence-corrected chi connectivity index (χ2v) is 8.74. The van der Waals surface area contributed by atoms with Crippen LogP contribution >= 0.6 is 11.3 Å². The number of hydrogen-bond acceptors (Lipinski definition) is 7. The fourth-order valence-corrected chi connectivity index (χ4v) is 3.86. The molecule has 0 aliphatic carbocycles. The number of nitrogens with one attached hydrogen (secondary N) is 2. The van der Waals surface area contributed by atoms with Crippen LogP contribution in [0.4, 0.5) is 5.82 Å². The van der Waals surface area contributed by atoms with Crippen molar-refractivity contribution in [2.45, 2.75) is 24.8 Å². The standard InChI is InChI=1S/C17H19N5O3S2/c1-11-8-14-16(21-10-22-17(14)26-11)19-7-6-15(23)20-9-12-2-4-13(5-3-12)27(18,24)25/h2-5,8,10H,6-7,9H2,1H3,(H,20,23)(H2,18,24,25)(H,19,21,22). The summed E-state index contributed by atoms with van der Waals surface area (Å²) in [7, 11) is -3.71. The zero-order valence-electron chi connectivity index (χ0n) is 14.6. The van der Waals surface area contributed by atoms with E-state index in [0.717, 1.165) is 26.5 Å². The summed E-state index contributed by atoms with van der Waals surface area (Å²) in [5.74, 6) is 0.598. The number of carbonyl (C=O) groups excluding carboxylic acids is 1. The molecular weight excluding hydrogens is 386 g/mol. The van der Waals surface area contributed by atoms with E-state index in [9.17, 15) is 13.2 Å². The van der Waals surface area contributed by atoms with Crippen LogP contribution in [0.15, 0.2) is 41.6 Å². The second kappa shape index (κ2) is 7.99. The van der Waals surface area contributed by atoms with Gasteiger partial charge >= 0.3 is 0 Å². The molecule has 0 atom stereocenters. The minimum Gasteiger partial charge on any atom is -0.369 e. The highest BCUT2D eigenvalue weighted by Crippen LogP contribution is 2.27. The van der Waals surface area contributed by atoms with Crippen molar-refractivity contribution >= 4 is 43.3 Å². The van der Waals surface area contributed by atoms with Crippen LogP contribution in [-0.4, -0.2) is 30.8 Å². The number of thiophene rings is 1. The van der Waals surface area contributed by atoms with E-state index in [2.05, 4.69) is 20.6 Å². The summed E-state index contributed by atoms with van der Waals surface area (Å²) in [4.78, 5) is 22.6. The van der Waals surface area contributed by atoms with Gasteiger partial charge in [0.05, 0.1) is 10.3 Å². The average Bonchev–Trinajstić information content (AvgIpc) is 3.01. The van der Waals surface area contributed by atoms with Crippen molar-refractivity contribution in [1.82, 2.24) is 15.3 Å². The number of hydrogen-bond donors (Lipinski definition) is 3. The third kappa shape index (κ3) is 5.00. The topological polar surface area (TPSA) is 127 Å². The molecule has 0 aliphatic heterocycles. The molecule has 0 fully saturated rings. The molecule has 3 aromatic rings. The Labute approximate surface area is 160 Å². The number of nitrogens with two attached hydrogens (primary N) is 1. The largest absolute Gasteiger partial charge is 0.369 e. The minimum absolute atomic E-state index is 0.0432. The number of anilines is 1. The molecule has 0 spiro atoms. The lowest BCUT2D eigenvalue weighted by Gasteiger charge is -2.08. The highest BCUT2D eigenvalue weighted by molar-refractivity contribution is 7.89. The molecule has 2 aromatic heterocycles. The Balaban J connectivity index is 1.48. The van der Waals surface area contributed by atoms with Crippen LogP contribution in [0.1, 0.15) is 16.9 Å². The van der Waals surface area contributed by atoms with E-state index in [1.54, 1.807) is 23.5 Å². The van der Waals surface area contributed by atoms with Gasteiger partial charge in [-0.05, 0) is 30.7 Å². The van der Waals surface area contributed by atoms with Crippen LogP contribution < -0.4 is 15.8 Å². The number of carbonyl (C=O) groups is 1.